The van der Waals surface area contributed by atoms with E-state index >= 15 is 0 Å². The van der Waals surface area contributed by atoms with Crippen molar-refractivity contribution in [2.75, 3.05) is 27.4 Å². The maximum Gasteiger partial charge on any atom is 0.162 e. The minimum atomic E-state index is -0.572. The summed E-state index contributed by atoms with van der Waals surface area (Å²) in [4.78, 5) is 15.5. The Balaban J connectivity index is 1.74. The third-order valence-corrected chi connectivity index (χ3v) is 7.36. The number of nitriles is 1. The Labute approximate surface area is 226 Å². The number of benzene rings is 2. The minimum Gasteiger partial charge on any atom is -0.493 e. The highest BCUT2D eigenvalue weighted by atomic mass is 79.9. The van der Waals surface area contributed by atoms with Crippen LogP contribution in [0.5, 0.6) is 11.5 Å². The van der Waals surface area contributed by atoms with E-state index in [0.717, 1.165) is 21.3 Å². The average molecular weight is 566 g/mol. The zero-order chi connectivity index (χ0) is 26.7. The Morgan fingerprint density at radius 2 is 1.86 bits per heavy atom. The van der Waals surface area contributed by atoms with Crippen molar-refractivity contribution < 1.29 is 19.0 Å². The number of carbonyl (C=O) groups is 1. The summed E-state index contributed by atoms with van der Waals surface area (Å²) in [6, 6.07) is 15.7. The fourth-order valence-electron chi connectivity index (χ4n) is 5.07. The lowest BCUT2D eigenvalue weighted by Gasteiger charge is -2.43. The topological polar surface area (TPSA) is 97.8 Å². The van der Waals surface area contributed by atoms with Crippen LogP contribution in [-0.2, 0) is 16.1 Å². The maximum absolute atomic E-state index is 13.6. The van der Waals surface area contributed by atoms with Gasteiger partial charge >= 0.3 is 0 Å². The third-order valence-electron chi connectivity index (χ3n) is 6.83. The minimum absolute atomic E-state index is 0.0356. The van der Waals surface area contributed by atoms with Crippen molar-refractivity contribution in [1.29, 1.82) is 5.26 Å². The molecule has 0 saturated carbocycles. The van der Waals surface area contributed by atoms with Gasteiger partial charge in [-0.05, 0) is 47.2 Å². The van der Waals surface area contributed by atoms with E-state index in [-0.39, 0.29) is 11.2 Å². The van der Waals surface area contributed by atoms with Crippen LogP contribution >= 0.6 is 15.9 Å². The number of methoxy groups -OCH3 is 2. The molecule has 0 bridgehead atoms. The molecule has 2 aromatic carbocycles. The first-order valence-corrected chi connectivity index (χ1v) is 13.0. The van der Waals surface area contributed by atoms with Crippen molar-refractivity contribution in [2.24, 2.45) is 11.1 Å². The molecule has 0 fully saturated rings. The summed E-state index contributed by atoms with van der Waals surface area (Å²) in [5.41, 5.74) is 10.0. The number of rotatable bonds is 8. The lowest BCUT2D eigenvalue weighted by Crippen LogP contribution is -2.43. The maximum atomic E-state index is 13.6. The number of hydrogen-bond acceptors (Lipinski definition) is 7. The van der Waals surface area contributed by atoms with E-state index in [4.69, 9.17) is 19.9 Å². The monoisotopic (exact) mass is 565 g/mol. The van der Waals surface area contributed by atoms with Crippen LogP contribution in [0.3, 0.4) is 0 Å². The van der Waals surface area contributed by atoms with E-state index in [1.165, 1.54) is 0 Å². The van der Waals surface area contributed by atoms with Crippen LogP contribution in [0.1, 0.15) is 43.7 Å². The smallest absolute Gasteiger partial charge is 0.162 e. The quantitative estimate of drug-likeness (QED) is 0.456. The summed E-state index contributed by atoms with van der Waals surface area (Å²) < 4.78 is 18.0. The van der Waals surface area contributed by atoms with Gasteiger partial charge in [-0.1, -0.05) is 48.0 Å². The summed E-state index contributed by atoms with van der Waals surface area (Å²) in [6.07, 6.45) is 1.09. The van der Waals surface area contributed by atoms with Gasteiger partial charge in [0.2, 0.25) is 0 Å². The van der Waals surface area contributed by atoms with Crippen LogP contribution in [0.25, 0.3) is 0 Å². The fraction of sp³-hybridized carbons (Fsp3) is 0.379. The Kier molecular flexibility index (Phi) is 7.96. The molecule has 4 rings (SSSR count). The molecule has 0 radical (unpaired) electrons. The normalized spacial score (nSPS) is 19.0. The second-order valence-corrected chi connectivity index (χ2v) is 11.0. The molecule has 2 N–H and O–H groups in total. The molecule has 8 heteroatoms. The Bertz CT molecular complexity index is 1290. The molecule has 0 unspecified atom stereocenters. The van der Waals surface area contributed by atoms with Crippen LogP contribution in [0.4, 0.5) is 0 Å². The molecule has 0 saturated heterocycles. The van der Waals surface area contributed by atoms with E-state index in [0.29, 0.717) is 61.1 Å². The zero-order valence-electron chi connectivity index (χ0n) is 21.6. The molecule has 1 aliphatic heterocycles. The number of nitrogens with two attached hydrogens (primary N) is 1. The molecule has 194 valence electrons. The highest BCUT2D eigenvalue weighted by Crippen LogP contribution is 2.49. The average Bonchev–Trinajstić information content (AvgIpc) is 2.86. The van der Waals surface area contributed by atoms with E-state index in [1.807, 2.05) is 47.4 Å². The van der Waals surface area contributed by atoms with Crippen molar-refractivity contribution in [3.8, 4) is 17.6 Å². The van der Waals surface area contributed by atoms with Gasteiger partial charge in [0.05, 0.1) is 31.3 Å². The first kappa shape index (κ1) is 26.8. The number of nitrogens with zero attached hydrogens (tertiary/aromatic N) is 2. The molecule has 0 aromatic heterocycles. The lowest BCUT2D eigenvalue weighted by molar-refractivity contribution is -0.118. The van der Waals surface area contributed by atoms with Crippen LogP contribution < -0.4 is 15.2 Å². The predicted octanol–water partition coefficient (Wildman–Crippen LogP) is 5.42. The molecule has 1 heterocycles. The molecule has 0 amide bonds. The third kappa shape index (κ3) is 5.53. The predicted molar refractivity (Wildman–Crippen MR) is 145 cm³/mol. The number of carbonyl (C=O) groups excluding carboxylic acids is 1. The first-order chi connectivity index (χ1) is 17.7. The van der Waals surface area contributed by atoms with Gasteiger partial charge in [0, 0.05) is 35.8 Å². The number of hydrogen-bond donors (Lipinski definition) is 1. The number of ketones is 1. The standard InChI is InChI=1S/C29H32BrN3O4/c1-29(2)14-22-27(23(34)15-29)26(21(16-31)28(32)33(22)11-12-35-3)19-7-10-24(25(13-19)36-4)37-17-18-5-8-20(30)9-6-18/h5-10,13,26H,11-12,14-15,17,32H2,1-4H3/t26-/m0/s1. The highest BCUT2D eigenvalue weighted by molar-refractivity contribution is 9.10. The molecule has 1 aliphatic carbocycles. The van der Waals surface area contributed by atoms with Gasteiger partial charge < -0.3 is 24.8 Å². The van der Waals surface area contributed by atoms with Crippen molar-refractivity contribution in [3.05, 3.63) is 80.7 Å². The summed E-state index contributed by atoms with van der Waals surface area (Å²) in [5, 5.41) is 10.2. The number of halogens is 1. The van der Waals surface area contributed by atoms with Crippen LogP contribution in [0.2, 0.25) is 0 Å². The lowest BCUT2D eigenvalue weighted by atomic mass is 9.68. The SMILES string of the molecule is COCCN1C(N)=C(C#N)[C@H](c2ccc(OCc3ccc(Br)cc3)c(OC)c2)C2=C1CC(C)(C)CC2=O. The second-order valence-electron chi connectivity index (χ2n) is 10.1. The van der Waals surface area contributed by atoms with Crippen LogP contribution in [0.15, 0.2) is 69.6 Å². The molecule has 7 nitrogen and oxygen atoms in total. The first-order valence-electron chi connectivity index (χ1n) is 12.2. The molecule has 1 atom stereocenters. The van der Waals surface area contributed by atoms with Crippen molar-refractivity contribution >= 4 is 21.7 Å². The molecule has 2 aromatic rings. The van der Waals surface area contributed by atoms with Crippen LogP contribution in [0, 0.1) is 16.7 Å². The number of Topliss-reactive ketones (excluding diaryl/α,β-unsaturated/α-hetero) is 1. The van der Waals surface area contributed by atoms with Gasteiger partial charge in [-0.3, -0.25) is 4.79 Å². The van der Waals surface area contributed by atoms with Gasteiger partial charge in [-0.25, -0.2) is 0 Å². The van der Waals surface area contributed by atoms with Crippen molar-refractivity contribution in [3.63, 3.8) is 0 Å². The van der Waals surface area contributed by atoms with Gasteiger partial charge in [0.25, 0.3) is 0 Å². The molecule has 37 heavy (non-hydrogen) atoms. The Hall–Kier alpha value is -3.28. The Morgan fingerprint density at radius 1 is 1.14 bits per heavy atom. The van der Waals surface area contributed by atoms with Gasteiger partial charge in [-0.15, -0.1) is 0 Å². The summed E-state index contributed by atoms with van der Waals surface area (Å²) in [7, 11) is 3.20. The van der Waals surface area contributed by atoms with E-state index in [2.05, 4.69) is 35.8 Å². The zero-order valence-corrected chi connectivity index (χ0v) is 23.2. The summed E-state index contributed by atoms with van der Waals surface area (Å²) >= 11 is 3.44. The van der Waals surface area contributed by atoms with E-state index in [1.54, 1.807) is 14.2 Å². The molecule has 2 aliphatic rings. The Morgan fingerprint density at radius 3 is 2.51 bits per heavy atom. The highest BCUT2D eigenvalue weighted by Gasteiger charge is 2.44. The number of allylic oxidation sites excluding steroid dienone is 3. The van der Waals surface area contributed by atoms with Gasteiger partial charge in [0.15, 0.2) is 17.3 Å². The molecular weight excluding hydrogens is 534 g/mol. The second kappa shape index (κ2) is 11.0. The van der Waals surface area contributed by atoms with Gasteiger partial charge in [-0.2, -0.15) is 5.26 Å². The fourth-order valence-corrected chi connectivity index (χ4v) is 5.34. The largest absolute Gasteiger partial charge is 0.493 e. The summed E-state index contributed by atoms with van der Waals surface area (Å²) in [6.45, 7) is 5.43. The van der Waals surface area contributed by atoms with Crippen molar-refractivity contribution in [1.82, 2.24) is 4.90 Å². The van der Waals surface area contributed by atoms with Crippen molar-refractivity contribution in [2.45, 2.75) is 39.2 Å². The molecular formula is C29H32BrN3O4. The number of ether oxygens (including phenoxy) is 3. The molecule has 0 spiro atoms. The summed E-state index contributed by atoms with van der Waals surface area (Å²) in [5.74, 6) is 0.930. The van der Waals surface area contributed by atoms with E-state index < -0.39 is 5.92 Å². The van der Waals surface area contributed by atoms with Gasteiger partial charge in [0.1, 0.15) is 12.4 Å². The van der Waals surface area contributed by atoms with E-state index in [9.17, 15) is 10.1 Å². The van der Waals surface area contributed by atoms with Crippen LogP contribution in [-0.4, -0.2) is 38.1 Å².